The van der Waals surface area contributed by atoms with Gasteiger partial charge in [-0.3, -0.25) is 0 Å². The van der Waals surface area contributed by atoms with Crippen molar-refractivity contribution < 1.29 is 31.1 Å². The zero-order valence-corrected chi connectivity index (χ0v) is 11.4. The first-order valence-electron chi connectivity index (χ1n) is 4.88. The lowest BCUT2D eigenvalue weighted by Crippen LogP contribution is -2.06. The van der Waals surface area contributed by atoms with Crippen LogP contribution < -0.4 is 0 Å². The van der Waals surface area contributed by atoms with E-state index >= 15 is 0 Å². The molecule has 0 aliphatic rings. The van der Waals surface area contributed by atoms with Crippen LogP contribution in [0.5, 0.6) is 0 Å². The third-order valence-corrected chi connectivity index (χ3v) is 2.15. The van der Waals surface area contributed by atoms with Crippen LogP contribution in [-0.4, -0.2) is 12.4 Å². The Bertz CT molecular complexity index is 479. The molecule has 0 N–H and O–H groups in total. The highest BCUT2D eigenvalue weighted by atomic mass is 35.5. The van der Waals surface area contributed by atoms with E-state index in [9.17, 15) is 26.3 Å². The Morgan fingerprint density at radius 3 is 1.38 bits per heavy atom. The van der Waals surface area contributed by atoms with Crippen molar-refractivity contribution in [2.24, 2.45) is 0 Å². The van der Waals surface area contributed by atoms with Crippen molar-refractivity contribution in [3.63, 3.8) is 0 Å². The van der Waals surface area contributed by atoms with E-state index in [0.717, 1.165) is 24.7 Å². The molecule has 0 amide bonds. The summed E-state index contributed by atoms with van der Waals surface area (Å²) in [5.74, 6) is 0. The van der Waals surface area contributed by atoms with E-state index in [1.807, 2.05) is 0 Å². The number of ether oxygens (including phenoxy) is 1. The lowest BCUT2D eigenvalue weighted by Gasteiger charge is -2.01. The molecule has 0 saturated heterocycles. The van der Waals surface area contributed by atoms with E-state index in [1.165, 1.54) is 0 Å². The van der Waals surface area contributed by atoms with E-state index in [0.29, 0.717) is 12.2 Å². The van der Waals surface area contributed by atoms with Gasteiger partial charge in [-0.05, 0) is 24.3 Å². The summed E-state index contributed by atoms with van der Waals surface area (Å²) in [6.45, 7) is 0. The molecule has 0 heterocycles. The summed E-state index contributed by atoms with van der Waals surface area (Å²) in [4.78, 5) is 0. The summed E-state index contributed by atoms with van der Waals surface area (Å²) in [7, 11) is 0. The zero-order chi connectivity index (χ0) is 16.5. The normalized spacial score (nSPS) is 13.0. The van der Waals surface area contributed by atoms with Gasteiger partial charge in [0.15, 0.2) is 0 Å². The molecule has 1 nitrogen and oxygen atoms in total. The molecule has 116 valence electrons. The highest BCUT2D eigenvalue weighted by Crippen LogP contribution is 2.28. The average molecular weight is 351 g/mol. The van der Waals surface area contributed by atoms with Crippen molar-refractivity contribution in [3.8, 4) is 0 Å². The molecule has 9 heteroatoms. The van der Waals surface area contributed by atoms with Gasteiger partial charge in [-0.1, -0.05) is 34.7 Å². The van der Waals surface area contributed by atoms with Crippen LogP contribution in [0.4, 0.5) is 26.3 Å². The van der Waals surface area contributed by atoms with Gasteiger partial charge in [0, 0.05) is 0 Å². The van der Waals surface area contributed by atoms with Crippen LogP contribution in [0.2, 0.25) is 0 Å². The third-order valence-electron chi connectivity index (χ3n) is 1.47. The van der Waals surface area contributed by atoms with Crippen molar-refractivity contribution >= 4 is 23.2 Å². The molecule has 0 aromatic carbocycles. The van der Waals surface area contributed by atoms with E-state index in [1.54, 1.807) is 0 Å². The fourth-order valence-corrected chi connectivity index (χ4v) is 0.749. The largest absolute Gasteiger partial charge is 0.456 e. The maximum absolute atomic E-state index is 11.9. The lowest BCUT2D eigenvalue weighted by atomic mass is 10.4. The van der Waals surface area contributed by atoms with Gasteiger partial charge in [0.1, 0.15) is 22.6 Å². The minimum atomic E-state index is -4.65. The summed E-state index contributed by atoms with van der Waals surface area (Å²) in [5.41, 5.74) is 4.35. The van der Waals surface area contributed by atoms with Gasteiger partial charge in [-0.25, -0.2) is 0 Å². The average Bonchev–Trinajstić information content (AvgIpc) is 2.33. The second kappa shape index (κ2) is 8.70. The predicted molar refractivity (Wildman–Crippen MR) is 66.4 cm³/mol. The molecule has 0 fully saturated rings. The van der Waals surface area contributed by atoms with Gasteiger partial charge in [-0.2, -0.15) is 26.3 Å². The molecule has 0 aromatic heterocycles. The summed E-state index contributed by atoms with van der Waals surface area (Å²) in [5, 5.41) is -2.68. The number of hydrogen-bond donors (Lipinski definition) is 0. The maximum Gasteiger partial charge on any atom is 0.426 e. The summed E-state index contributed by atoms with van der Waals surface area (Å²) < 4.78 is 76.0. The molecule has 0 spiro atoms. The van der Waals surface area contributed by atoms with Crippen molar-refractivity contribution in [1.82, 2.24) is 0 Å². The molecule has 0 rings (SSSR count). The number of hydrogen-bond acceptors (Lipinski definition) is 1. The number of alkyl halides is 6. The summed E-state index contributed by atoms with van der Waals surface area (Å²) in [6.07, 6.45) is -4.83. The highest BCUT2D eigenvalue weighted by Gasteiger charge is 2.32. The standard InChI is InChI=1S/C12H6Cl2F6O/c13-9(11(15,16)17)5-1-3-7-21-8-4-2-6-10(14)12(18,19)20/h1-2,5-8H. The molecule has 0 unspecified atom stereocenters. The minimum absolute atomic E-state index is 0.548. The third kappa shape index (κ3) is 9.93. The number of halogens is 8. The SMILES string of the molecule is FC(F)(F)C(Cl)=CC=C=COC=C=CC=C(Cl)C(F)(F)F. The van der Waals surface area contributed by atoms with E-state index in [2.05, 4.69) is 16.2 Å². The molecule has 0 aliphatic carbocycles. The van der Waals surface area contributed by atoms with Crippen molar-refractivity contribution in [1.29, 1.82) is 0 Å². The van der Waals surface area contributed by atoms with Crippen LogP contribution in [-0.2, 0) is 4.74 Å². The molecule has 0 aliphatic heterocycles. The maximum atomic E-state index is 11.9. The second-order valence-electron chi connectivity index (χ2n) is 3.06. The van der Waals surface area contributed by atoms with Crippen LogP contribution in [0.25, 0.3) is 0 Å². The second-order valence-corrected chi connectivity index (χ2v) is 3.88. The molecular formula is C12H6Cl2F6O. The highest BCUT2D eigenvalue weighted by molar-refractivity contribution is 6.30. The molecule has 0 radical (unpaired) electrons. The van der Waals surface area contributed by atoms with Crippen LogP contribution in [0.3, 0.4) is 0 Å². The van der Waals surface area contributed by atoms with Crippen LogP contribution in [0, 0.1) is 0 Å². The van der Waals surface area contributed by atoms with Gasteiger partial charge in [-0.15, -0.1) is 0 Å². The molecule has 0 bridgehead atoms. The Balaban J connectivity index is 4.45. The molecule has 0 atom stereocenters. The van der Waals surface area contributed by atoms with Crippen molar-refractivity contribution in [2.45, 2.75) is 12.4 Å². The lowest BCUT2D eigenvalue weighted by molar-refractivity contribution is -0.0854. The quantitative estimate of drug-likeness (QED) is 0.273. The molecular weight excluding hydrogens is 345 g/mol. The summed E-state index contributed by atoms with van der Waals surface area (Å²) >= 11 is 9.76. The van der Waals surface area contributed by atoms with Crippen LogP contribution >= 0.6 is 23.2 Å². The number of rotatable bonds is 4. The Morgan fingerprint density at radius 1 is 0.762 bits per heavy atom. The Hall–Kier alpha value is -1.52. The van der Waals surface area contributed by atoms with Gasteiger partial charge < -0.3 is 4.74 Å². The van der Waals surface area contributed by atoms with Gasteiger partial charge in [0.05, 0.1) is 0 Å². The van der Waals surface area contributed by atoms with Gasteiger partial charge >= 0.3 is 12.4 Å². The first kappa shape index (κ1) is 19.5. The van der Waals surface area contributed by atoms with E-state index in [4.69, 9.17) is 23.2 Å². The summed E-state index contributed by atoms with van der Waals surface area (Å²) in [6, 6.07) is 0. The fourth-order valence-electron chi connectivity index (χ4n) is 0.623. The first-order chi connectivity index (χ1) is 9.55. The first-order valence-corrected chi connectivity index (χ1v) is 5.64. The minimum Gasteiger partial charge on any atom is -0.456 e. The Kier molecular flexibility index (Phi) is 8.07. The Labute approximate surface area is 125 Å². The predicted octanol–water partition coefficient (Wildman–Crippen LogP) is 5.71. The van der Waals surface area contributed by atoms with Crippen molar-refractivity contribution in [3.05, 3.63) is 58.4 Å². The molecule has 0 aromatic rings. The number of allylic oxidation sites excluding steroid dienone is 6. The van der Waals surface area contributed by atoms with Crippen molar-refractivity contribution in [2.75, 3.05) is 0 Å². The molecule has 21 heavy (non-hydrogen) atoms. The fraction of sp³-hybridized carbons (Fsp3) is 0.167. The van der Waals surface area contributed by atoms with Gasteiger partial charge in [0.2, 0.25) is 0 Å². The monoisotopic (exact) mass is 350 g/mol. The van der Waals surface area contributed by atoms with Crippen LogP contribution in [0.1, 0.15) is 0 Å². The van der Waals surface area contributed by atoms with Gasteiger partial charge in [0.25, 0.3) is 0 Å². The topological polar surface area (TPSA) is 9.23 Å². The van der Waals surface area contributed by atoms with E-state index < -0.39 is 22.4 Å². The zero-order valence-electron chi connectivity index (χ0n) is 9.90. The van der Waals surface area contributed by atoms with E-state index in [-0.39, 0.29) is 0 Å². The molecule has 0 saturated carbocycles. The Morgan fingerprint density at radius 2 is 1.10 bits per heavy atom. The smallest absolute Gasteiger partial charge is 0.426 e. The van der Waals surface area contributed by atoms with Crippen LogP contribution in [0.15, 0.2) is 58.4 Å².